The van der Waals surface area contributed by atoms with E-state index in [-0.39, 0.29) is 18.1 Å². The number of rotatable bonds is 3. The molecule has 0 aromatic heterocycles. The third-order valence-electron chi connectivity index (χ3n) is 2.94. The van der Waals surface area contributed by atoms with Crippen LogP contribution in [0.15, 0.2) is 24.3 Å². The second-order valence-electron chi connectivity index (χ2n) is 5.04. The monoisotopic (exact) mass is 276 g/mol. The summed E-state index contributed by atoms with van der Waals surface area (Å²) in [4.78, 5) is 25.0. The van der Waals surface area contributed by atoms with Crippen LogP contribution in [0.3, 0.4) is 0 Å². The topological polar surface area (TPSA) is 73.5 Å². The summed E-state index contributed by atoms with van der Waals surface area (Å²) in [6.07, 6.45) is 0.933. The highest BCUT2D eigenvalue weighted by molar-refractivity contribution is 5.93. The molecule has 1 aromatic rings. The van der Waals surface area contributed by atoms with Crippen molar-refractivity contribution in [3.63, 3.8) is 0 Å². The van der Waals surface area contributed by atoms with Gasteiger partial charge in [0.25, 0.3) is 0 Å². The minimum absolute atomic E-state index is 0.0745. The predicted molar refractivity (Wildman–Crippen MR) is 79.1 cm³/mol. The molecule has 0 bridgehead atoms. The van der Waals surface area contributed by atoms with Gasteiger partial charge in [0.05, 0.1) is 0 Å². The van der Waals surface area contributed by atoms with Crippen molar-refractivity contribution in [3.8, 4) is 0 Å². The fraction of sp³-hybridized carbons (Fsp3) is 0.429. The van der Waals surface area contributed by atoms with E-state index >= 15 is 0 Å². The number of carbonyl (C=O) groups is 2. The van der Waals surface area contributed by atoms with E-state index < -0.39 is 0 Å². The molecule has 2 rings (SSSR count). The van der Waals surface area contributed by atoms with Crippen LogP contribution in [0.1, 0.15) is 20.3 Å². The number of urea groups is 2. The van der Waals surface area contributed by atoms with Crippen molar-refractivity contribution >= 4 is 23.4 Å². The second kappa shape index (κ2) is 6.27. The van der Waals surface area contributed by atoms with Crippen molar-refractivity contribution < 1.29 is 9.59 Å². The average molecular weight is 276 g/mol. The molecule has 1 saturated heterocycles. The van der Waals surface area contributed by atoms with Crippen LogP contribution in [0, 0.1) is 0 Å². The molecule has 0 atom stereocenters. The molecule has 0 radical (unpaired) electrons. The van der Waals surface area contributed by atoms with Crippen molar-refractivity contribution in [2.24, 2.45) is 0 Å². The zero-order valence-electron chi connectivity index (χ0n) is 11.8. The average Bonchev–Trinajstić information content (AvgIpc) is 2.39. The summed E-state index contributed by atoms with van der Waals surface area (Å²) in [5.41, 5.74) is 1.53. The van der Waals surface area contributed by atoms with E-state index in [1.165, 1.54) is 0 Å². The number of amides is 4. The van der Waals surface area contributed by atoms with Gasteiger partial charge in [0.15, 0.2) is 0 Å². The maximum Gasteiger partial charge on any atom is 0.321 e. The minimum Gasteiger partial charge on any atom is -0.338 e. The summed E-state index contributed by atoms with van der Waals surface area (Å²) in [6, 6.07) is 7.02. The fourth-order valence-electron chi connectivity index (χ4n) is 2.03. The number of nitrogens with one attached hydrogen (secondary N) is 3. The van der Waals surface area contributed by atoms with Crippen LogP contribution in [0.5, 0.6) is 0 Å². The van der Waals surface area contributed by atoms with Gasteiger partial charge in [-0.05, 0) is 44.5 Å². The number of anilines is 2. The van der Waals surface area contributed by atoms with Crippen LogP contribution in [0.4, 0.5) is 21.0 Å². The number of carbonyl (C=O) groups excluding carboxylic acids is 2. The molecule has 1 aliphatic heterocycles. The Bertz CT molecular complexity index is 484. The SMILES string of the molecule is CC(C)NC(=O)Nc1ccc(N2CCCNC2=O)cc1. The van der Waals surface area contributed by atoms with Crippen molar-refractivity contribution in [2.75, 3.05) is 23.3 Å². The van der Waals surface area contributed by atoms with Gasteiger partial charge in [0.2, 0.25) is 0 Å². The number of hydrogen-bond acceptors (Lipinski definition) is 2. The molecule has 6 heteroatoms. The van der Waals surface area contributed by atoms with E-state index in [1.807, 2.05) is 26.0 Å². The highest BCUT2D eigenvalue weighted by Gasteiger charge is 2.18. The Morgan fingerprint density at radius 2 is 2.00 bits per heavy atom. The smallest absolute Gasteiger partial charge is 0.321 e. The Kier molecular flexibility index (Phi) is 4.45. The van der Waals surface area contributed by atoms with Gasteiger partial charge in [-0.3, -0.25) is 4.90 Å². The van der Waals surface area contributed by atoms with Crippen LogP contribution in [-0.4, -0.2) is 31.2 Å². The molecular formula is C14H20N4O2. The first-order valence-electron chi connectivity index (χ1n) is 6.79. The van der Waals surface area contributed by atoms with Gasteiger partial charge < -0.3 is 16.0 Å². The largest absolute Gasteiger partial charge is 0.338 e. The van der Waals surface area contributed by atoms with E-state index in [9.17, 15) is 9.59 Å². The number of hydrogen-bond donors (Lipinski definition) is 3. The van der Waals surface area contributed by atoms with Gasteiger partial charge in [0.1, 0.15) is 0 Å². The molecule has 108 valence electrons. The zero-order valence-corrected chi connectivity index (χ0v) is 11.8. The van der Waals surface area contributed by atoms with Gasteiger partial charge in [-0.2, -0.15) is 0 Å². The molecule has 4 amide bonds. The van der Waals surface area contributed by atoms with Crippen LogP contribution in [0.2, 0.25) is 0 Å². The normalized spacial score (nSPS) is 14.9. The van der Waals surface area contributed by atoms with Gasteiger partial charge in [-0.15, -0.1) is 0 Å². The third kappa shape index (κ3) is 3.63. The maximum absolute atomic E-state index is 11.7. The second-order valence-corrected chi connectivity index (χ2v) is 5.04. The van der Waals surface area contributed by atoms with Gasteiger partial charge >= 0.3 is 12.1 Å². The Morgan fingerprint density at radius 3 is 2.60 bits per heavy atom. The molecule has 0 unspecified atom stereocenters. The van der Waals surface area contributed by atoms with Gasteiger partial charge in [-0.25, -0.2) is 9.59 Å². The Labute approximate surface area is 118 Å². The molecule has 6 nitrogen and oxygen atoms in total. The molecule has 1 aromatic carbocycles. The Hall–Kier alpha value is -2.24. The molecule has 1 fully saturated rings. The van der Waals surface area contributed by atoms with Crippen LogP contribution in [-0.2, 0) is 0 Å². The van der Waals surface area contributed by atoms with Crippen LogP contribution >= 0.6 is 0 Å². The molecule has 1 heterocycles. The first-order valence-corrected chi connectivity index (χ1v) is 6.79. The van der Waals surface area contributed by atoms with E-state index in [0.29, 0.717) is 12.2 Å². The quantitative estimate of drug-likeness (QED) is 0.791. The summed E-state index contributed by atoms with van der Waals surface area (Å²) in [5, 5.41) is 8.30. The van der Waals surface area contributed by atoms with Crippen molar-refractivity contribution in [2.45, 2.75) is 26.3 Å². The van der Waals surface area contributed by atoms with Gasteiger partial charge in [0, 0.05) is 30.5 Å². The summed E-state index contributed by atoms with van der Waals surface area (Å²) in [5.74, 6) is 0. The van der Waals surface area contributed by atoms with E-state index in [1.54, 1.807) is 17.0 Å². The molecule has 0 spiro atoms. The predicted octanol–water partition coefficient (Wildman–Crippen LogP) is 2.14. The molecule has 3 N–H and O–H groups in total. The number of nitrogens with zero attached hydrogens (tertiary/aromatic N) is 1. The molecule has 20 heavy (non-hydrogen) atoms. The highest BCUT2D eigenvalue weighted by Crippen LogP contribution is 2.19. The van der Waals surface area contributed by atoms with Crippen LogP contribution in [0.25, 0.3) is 0 Å². The minimum atomic E-state index is -0.233. The lowest BCUT2D eigenvalue weighted by Gasteiger charge is -2.27. The van der Waals surface area contributed by atoms with E-state index in [2.05, 4.69) is 16.0 Å². The van der Waals surface area contributed by atoms with E-state index in [4.69, 9.17) is 0 Å². The van der Waals surface area contributed by atoms with Crippen molar-refractivity contribution in [1.82, 2.24) is 10.6 Å². The fourth-order valence-corrected chi connectivity index (χ4v) is 2.03. The first kappa shape index (κ1) is 14.2. The summed E-state index contributed by atoms with van der Waals surface area (Å²) >= 11 is 0. The number of benzene rings is 1. The van der Waals surface area contributed by atoms with Gasteiger partial charge in [-0.1, -0.05) is 0 Å². The first-order chi connectivity index (χ1) is 9.56. The lowest BCUT2D eigenvalue weighted by atomic mass is 10.2. The van der Waals surface area contributed by atoms with Crippen LogP contribution < -0.4 is 20.9 Å². The molecule has 0 saturated carbocycles. The van der Waals surface area contributed by atoms with Crippen molar-refractivity contribution in [3.05, 3.63) is 24.3 Å². The maximum atomic E-state index is 11.7. The summed E-state index contributed by atoms with van der Waals surface area (Å²) in [6.45, 7) is 5.24. The van der Waals surface area contributed by atoms with Crippen molar-refractivity contribution in [1.29, 1.82) is 0 Å². The molecule has 1 aliphatic rings. The third-order valence-corrected chi connectivity index (χ3v) is 2.94. The zero-order chi connectivity index (χ0) is 14.5. The van der Waals surface area contributed by atoms with E-state index in [0.717, 1.165) is 18.7 Å². The lowest BCUT2D eigenvalue weighted by molar-refractivity contribution is 0.242. The Morgan fingerprint density at radius 1 is 1.30 bits per heavy atom. The lowest BCUT2D eigenvalue weighted by Crippen LogP contribution is -2.46. The standard InChI is InChI=1S/C14H20N4O2/c1-10(2)16-13(19)17-11-4-6-12(7-5-11)18-9-3-8-15-14(18)20/h4-7,10H,3,8-9H2,1-2H3,(H,15,20)(H2,16,17,19). The molecular weight excluding hydrogens is 256 g/mol. The summed E-state index contributed by atoms with van der Waals surface area (Å²) in [7, 11) is 0. The Balaban J connectivity index is 1.99. The highest BCUT2D eigenvalue weighted by atomic mass is 16.2. The molecule has 0 aliphatic carbocycles. The summed E-state index contributed by atoms with van der Waals surface area (Å²) < 4.78 is 0.